The normalized spacial score (nSPS) is 10.4. The van der Waals surface area contributed by atoms with Crippen molar-refractivity contribution < 1.29 is 0 Å². The molecule has 0 aliphatic carbocycles. The number of para-hydroxylation sites is 1. The molecular weight excluding hydrogens is 212 g/mol. The van der Waals surface area contributed by atoms with Crippen molar-refractivity contribution >= 4 is 40.1 Å². The molecule has 0 bridgehead atoms. The molecule has 1 aromatic heterocycles. The van der Waals surface area contributed by atoms with E-state index in [1.54, 1.807) is 0 Å². The molecular formula is C10H10N2S2. The highest BCUT2D eigenvalue weighted by molar-refractivity contribution is 8.11. The van der Waals surface area contributed by atoms with Crippen LogP contribution in [0.3, 0.4) is 0 Å². The summed E-state index contributed by atoms with van der Waals surface area (Å²) in [5.74, 6) is 0. The quantitative estimate of drug-likeness (QED) is 0.538. The number of benzene rings is 1. The molecule has 4 heteroatoms. The van der Waals surface area contributed by atoms with E-state index in [1.807, 2.05) is 18.3 Å². The first-order valence-electron chi connectivity index (χ1n) is 4.29. The van der Waals surface area contributed by atoms with E-state index in [2.05, 4.69) is 35.1 Å². The van der Waals surface area contributed by atoms with E-state index in [0.717, 1.165) is 5.52 Å². The Balaban J connectivity index is 2.29. The third-order valence-electron chi connectivity index (χ3n) is 2.10. The zero-order chi connectivity index (χ0) is 9.97. The molecule has 2 N–H and O–H groups in total. The van der Waals surface area contributed by atoms with Gasteiger partial charge in [0.15, 0.2) is 0 Å². The molecule has 0 amide bonds. The summed E-state index contributed by atoms with van der Waals surface area (Å²) in [5, 5.41) is 4.24. The van der Waals surface area contributed by atoms with Gasteiger partial charge in [-0.05, 0) is 11.6 Å². The van der Waals surface area contributed by atoms with E-state index < -0.39 is 0 Å². The first-order chi connectivity index (χ1) is 6.77. The number of fused-ring (bicyclic) bond motifs is 1. The number of H-pyrrole nitrogens is 1. The number of hydrogen-bond acceptors (Lipinski definition) is 1. The molecule has 0 spiro atoms. The van der Waals surface area contributed by atoms with Crippen molar-refractivity contribution in [3.8, 4) is 0 Å². The minimum Gasteiger partial charge on any atom is -0.367 e. The van der Waals surface area contributed by atoms with Crippen LogP contribution in [-0.2, 0) is 6.54 Å². The van der Waals surface area contributed by atoms with Crippen molar-refractivity contribution in [2.75, 3.05) is 0 Å². The van der Waals surface area contributed by atoms with Gasteiger partial charge < -0.3 is 10.3 Å². The predicted molar refractivity (Wildman–Crippen MR) is 66.7 cm³/mol. The van der Waals surface area contributed by atoms with Crippen LogP contribution in [0.25, 0.3) is 10.9 Å². The van der Waals surface area contributed by atoms with Crippen LogP contribution in [0, 0.1) is 0 Å². The van der Waals surface area contributed by atoms with Crippen molar-refractivity contribution in [2.45, 2.75) is 6.54 Å². The summed E-state index contributed by atoms with van der Waals surface area (Å²) < 4.78 is 0.523. The first kappa shape index (κ1) is 9.55. The summed E-state index contributed by atoms with van der Waals surface area (Å²) in [6.45, 7) is 0.715. The van der Waals surface area contributed by atoms with Crippen molar-refractivity contribution in [2.24, 2.45) is 0 Å². The van der Waals surface area contributed by atoms with Gasteiger partial charge in [0.25, 0.3) is 0 Å². The smallest absolute Gasteiger partial charge is 0.130 e. The largest absolute Gasteiger partial charge is 0.367 e. The van der Waals surface area contributed by atoms with E-state index >= 15 is 0 Å². The van der Waals surface area contributed by atoms with Crippen LogP contribution in [0.1, 0.15) is 5.56 Å². The fraction of sp³-hybridized carbons (Fsp3) is 0.100. The predicted octanol–water partition coefficient (Wildman–Crippen LogP) is 2.47. The number of hydrogen-bond donors (Lipinski definition) is 3. The van der Waals surface area contributed by atoms with Gasteiger partial charge in [-0.3, -0.25) is 0 Å². The number of aromatic nitrogens is 1. The molecule has 1 aromatic carbocycles. The van der Waals surface area contributed by atoms with Crippen LogP contribution in [-0.4, -0.2) is 9.30 Å². The molecule has 0 saturated heterocycles. The highest BCUT2D eigenvalue weighted by Gasteiger charge is 2.01. The maximum atomic E-state index is 4.83. The Morgan fingerprint density at radius 3 is 3.00 bits per heavy atom. The number of nitrogens with one attached hydrogen (secondary N) is 2. The molecule has 0 aliphatic rings. The molecule has 0 aliphatic heterocycles. The third kappa shape index (κ3) is 1.91. The van der Waals surface area contributed by atoms with Crippen LogP contribution in [0.15, 0.2) is 30.5 Å². The number of rotatable bonds is 2. The van der Waals surface area contributed by atoms with Crippen molar-refractivity contribution in [1.82, 2.24) is 10.3 Å². The highest BCUT2D eigenvalue weighted by atomic mass is 32.1. The van der Waals surface area contributed by atoms with Crippen LogP contribution in [0.4, 0.5) is 0 Å². The lowest BCUT2D eigenvalue weighted by Gasteiger charge is -2.00. The molecule has 2 aromatic rings. The topological polar surface area (TPSA) is 27.8 Å². The van der Waals surface area contributed by atoms with Gasteiger partial charge in [0.05, 0.1) is 0 Å². The van der Waals surface area contributed by atoms with Gasteiger partial charge in [-0.15, -0.1) is 12.6 Å². The maximum Gasteiger partial charge on any atom is 0.130 e. The Bertz CT molecular complexity index is 462. The van der Waals surface area contributed by atoms with Crippen molar-refractivity contribution in [3.63, 3.8) is 0 Å². The van der Waals surface area contributed by atoms with Gasteiger partial charge >= 0.3 is 0 Å². The molecule has 0 atom stereocenters. The van der Waals surface area contributed by atoms with Crippen LogP contribution in [0.2, 0.25) is 0 Å². The lowest BCUT2D eigenvalue weighted by molar-refractivity contribution is 0.949. The van der Waals surface area contributed by atoms with Gasteiger partial charge in [-0.1, -0.05) is 30.4 Å². The van der Waals surface area contributed by atoms with E-state index in [4.69, 9.17) is 12.2 Å². The Morgan fingerprint density at radius 2 is 2.21 bits per heavy atom. The molecule has 0 radical (unpaired) electrons. The summed E-state index contributed by atoms with van der Waals surface area (Å²) in [6, 6.07) is 8.18. The number of aromatic amines is 1. The summed E-state index contributed by atoms with van der Waals surface area (Å²) in [7, 11) is 0. The Labute approximate surface area is 93.1 Å². The van der Waals surface area contributed by atoms with Gasteiger partial charge in [-0.2, -0.15) is 0 Å². The number of thiol groups is 1. The second-order valence-electron chi connectivity index (χ2n) is 3.02. The molecule has 14 heavy (non-hydrogen) atoms. The zero-order valence-electron chi connectivity index (χ0n) is 7.45. The second kappa shape index (κ2) is 4.02. The van der Waals surface area contributed by atoms with E-state index in [-0.39, 0.29) is 0 Å². The van der Waals surface area contributed by atoms with Gasteiger partial charge in [0.1, 0.15) is 4.32 Å². The van der Waals surface area contributed by atoms with Gasteiger partial charge in [-0.25, -0.2) is 0 Å². The summed E-state index contributed by atoms with van der Waals surface area (Å²) in [5.41, 5.74) is 2.35. The van der Waals surface area contributed by atoms with E-state index in [1.165, 1.54) is 10.9 Å². The molecule has 0 saturated carbocycles. The monoisotopic (exact) mass is 222 g/mol. The number of thiocarbonyl (C=S) groups is 1. The molecule has 2 nitrogen and oxygen atoms in total. The summed E-state index contributed by atoms with van der Waals surface area (Å²) >= 11 is 8.85. The molecule has 0 unspecified atom stereocenters. The minimum atomic E-state index is 0.523. The highest BCUT2D eigenvalue weighted by Crippen LogP contribution is 2.17. The first-order valence-corrected chi connectivity index (χ1v) is 5.15. The SMILES string of the molecule is S=C(S)NCc1c[nH]c2ccccc12. The van der Waals surface area contributed by atoms with Gasteiger partial charge in [0.2, 0.25) is 0 Å². The fourth-order valence-corrected chi connectivity index (χ4v) is 1.60. The summed E-state index contributed by atoms with van der Waals surface area (Å²) in [4.78, 5) is 3.20. The molecule has 0 fully saturated rings. The standard InChI is InChI=1S/C10H10N2S2/c13-10(14)12-6-7-5-11-9-4-2-1-3-8(7)9/h1-5,11H,6H2,(H2,12,13,14). The lowest BCUT2D eigenvalue weighted by atomic mass is 10.2. The van der Waals surface area contributed by atoms with E-state index in [9.17, 15) is 0 Å². The minimum absolute atomic E-state index is 0.523. The van der Waals surface area contributed by atoms with Gasteiger partial charge in [0, 0.05) is 23.6 Å². The summed E-state index contributed by atoms with van der Waals surface area (Å²) in [6.07, 6.45) is 1.99. The third-order valence-corrected chi connectivity index (χ3v) is 2.41. The Morgan fingerprint density at radius 1 is 1.43 bits per heavy atom. The van der Waals surface area contributed by atoms with Crippen LogP contribution < -0.4 is 5.32 Å². The average molecular weight is 222 g/mol. The maximum absolute atomic E-state index is 4.83. The Hall–Kier alpha value is -1.00. The molecule has 72 valence electrons. The van der Waals surface area contributed by atoms with Crippen molar-refractivity contribution in [3.05, 3.63) is 36.0 Å². The van der Waals surface area contributed by atoms with E-state index in [0.29, 0.717) is 10.9 Å². The molecule has 1 heterocycles. The fourth-order valence-electron chi connectivity index (χ4n) is 1.45. The van der Waals surface area contributed by atoms with Crippen LogP contribution in [0.5, 0.6) is 0 Å². The second-order valence-corrected chi connectivity index (χ2v) is 4.18. The zero-order valence-corrected chi connectivity index (χ0v) is 9.16. The lowest BCUT2D eigenvalue weighted by Crippen LogP contribution is -2.14. The van der Waals surface area contributed by atoms with Crippen molar-refractivity contribution in [1.29, 1.82) is 0 Å². The van der Waals surface area contributed by atoms with Crippen LogP contribution >= 0.6 is 24.8 Å². The Kier molecular flexibility index (Phi) is 2.74. The molecule has 2 rings (SSSR count). The average Bonchev–Trinajstić information content (AvgIpc) is 2.58.